The summed E-state index contributed by atoms with van der Waals surface area (Å²) in [5, 5.41) is 11.7. The summed E-state index contributed by atoms with van der Waals surface area (Å²) in [5.74, 6) is -1.94. The molecule has 1 atom stereocenters. The number of hydroxylamine groups is 1. The standard InChI is InChI=1S/C28H35N3O4/c1-28(2,3)24(27(34)35-31-25(32)17-16-21-9-5-4-6-10-21)19-26(33)30-18-8-7-11-22-12-14-23(20-29)15-13-22/h4-6,9-10,12-15,24H,7-8,11,16-19H2,1-3H3,(H,30,33)(H,31,32). The number of hydrogen-bond acceptors (Lipinski definition) is 5. The van der Waals surface area contributed by atoms with Crippen molar-refractivity contribution in [2.45, 2.75) is 59.3 Å². The summed E-state index contributed by atoms with van der Waals surface area (Å²) in [5.41, 5.74) is 4.52. The molecule has 0 heterocycles. The largest absolute Gasteiger partial charge is 0.356 e. The van der Waals surface area contributed by atoms with E-state index < -0.39 is 17.3 Å². The fourth-order valence-corrected chi connectivity index (χ4v) is 3.56. The monoisotopic (exact) mass is 477 g/mol. The van der Waals surface area contributed by atoms with Crippen LogP contribution in [0.4, 0.5) is 0 Å². The molecule has 7 nitrogen and oxygen atoms in total. The lowest BCUT2D eigenvalue weighted by molar-refractivity contribution is -0.166. The van der Waals surface area contributed by atoms with Gasteiger partial charge in [0.25, 0.3) is 5.91 Å². The van der Waals surface area contributed by atoms with Crippen LogP contribution < -0.4 is 10.8 Å². The number of nitriles is 1. The molecule has 0 aliphatic heterocycles. The van der Waals surface area contributed by atoms with Crippen molar-refractivity contribution in [2.24, 2.45) is 11.3 Å². The van der Waals surface area contributed by atoms with E-state index in [2.05, 4.69) is 16.9 Å². The van der Waals surface area contributed by atoms with E-state index in [1.807, 2.05) is 63.2 Å². The van der Waals surface area contributed by atoms with Crippen molar-refractivity contribution in [3.63, 3.8) is 0 Å². The first-order valence-electron chi connectivity index (χ1n) is 12.0. The Hall–Kier alpha value is -3.66. The highest BCUT2D eigenvalue weighted by Gasteiger charge is 2.35. The lowest BCUT2D eigenvalue weighted by Crippen LogP contribution is -2.39. The number of benzene rings is 2. The highest BCUT2D eigenvalue weighted by Crippen LogP contribution is 2.29. The highest BCUT2D eigenvalue weighted by atomic mass is 16.7. The van der Waals surface area contributed by atoms with Crippen molar-refractivity contribution in [3.05, 3.63) is 71.3 Å². The first-order chi connectivity index (χ1) is 16.7. The van der Waals surface area contributed by atoms with Crippen LogP contribution in [-0.2, 0) is 32.1 Å². The minimum absolute atomic E-state index is 0.0160. The van der Waals surface area contributed by atoms with E-state index in [4.69, 9.17) is 10.1 Å². The number of hydrogen-bond donors (Lipinski definition) is 2. The van der Waals surface area contributed by atoms with E-state index in [0.29, 0.717) is 18.5 Å². The van der Waals surface area contributed by atoms with Gasteiger partial charge in [-0.15, -0.1) is 0 Å². The minimum Gasteiger partial charge on any atom is -0.356 e. The molecule has 0 saturated carbocycles. The van der Waals surface area contributed by atoms with Gasteiger partial charge < -0.3 is 10.2 Å². The summed E-state index contributed by atoms with van der Waals surface area (Å²) in [4.78, 5) is 42.2. The number of carbonyl (C=O) groups excluding carboxylic acids is 3. The summed E-state index contributed by atoms with van der Waals surface area (Å²) >= 11 is 0. The van der Waals surface area contributed by atoms with Crippen LogP contribution in [0.25, 0.3) is 0 Å². The number of rotatable bonds is 11. The molecule has 0 aliphatic carbocycles. The Morgan fingerprint density at radius 2 is 1.57 bits per heavy atom. The second kappa shape index (κ2) is 13.9. The molecule has 2 aromatic carbocycles. The van der Waals surface area contributed by atoms with Gasteiger partial charge in [-0.05, 0) is 54.4 Å². The molecule has 0 radical (unpaired) electrons. The summed E-state index contributed by atoms with van der Waals surface area (Å²) in [6, 6.07) is 19.2. The van der Waals surface area contributed by atoms with Gasteiger partial charge >= 0.3 is 5.97 Å². The molecule has 0 fully saturated rings. The zero-order valence-corrected chi connectivity index (χ0v) is 20.8. The van der Waals surface area contributed by atoms with Crippen LogP contribution in [0.15, 0.2) is 54.6 Å². The molecule has 186 valence electrons. The van der Waals surface area contributed by atoms with Gasteiger partial charge in [0.15, 0.2) is 0 Å². The third-order valence-electron chi connectivity index (χ3n) is 5.77. The zero-order chi connectivity index (χ0) is 25.7. The molecule has 0 aliphatic rings. The van der Waals surface area contributed by atoms with E-state index in [-0.39, 0.29) is 24.7 Å². The van der Waals surface area contributed by atoms with Gasteiger partial charge in [-0.2, -0.15) is 10.7 Å². The Morgan fingerprint density at radius 3 is 2.20 bits per heavy atom. The predicted molar refractivity (Wildman–Crippen MR) is 134 cm³/mol. The van der Waals surface area contributed by atoms with Crippen molar-refractivity contribution < 1.29 is 19.2 Å². The van der Waals surface area contributed by atoms with E-state index in [0.717, 1.165) is 30.4 Å². The van der Waals surface area contributed by atoms with Gasteiger partial charge in [0.05, 0.1) is 17.6 Å². The molecule has 0 bridgehead atoms. The molecule has 0 spiro atoms. The number of aryl methyl sites for hydroxylation is 2. The van der Waals surface area contributed by atoms with Crippen molar-refractivity contribution in [1.82, 2.24) is 10.8 Å². The Balaban J connectivity index is 1.71. The van der Waals surface area contributed by atoms with Crippen LogP contribution in [0.2, 0.25) is 0 Å². The van der Waals surface area contributed by atoms with Crippen molar-refractivity contribution >= 4 is 17.8 Å². The molecule has 7 heteroatoms. The number of amides is 2. The SMILES string of the molecule is CC(C)(C)C(CC(=O)NCCCCc1ccc(C#N)cc1)C(=O)ONC(=O)CCc1ccccc1. The molecule has 0 aromatic heterocycles. The summed E-state index contributed by atoms with van der Waals surface area (Å²) < 4.78 is 0. The molecule has 1 unspecified atom stereocenters. The van der Waals surface area contributed by atoms with Crippen molar-refractivity contribution in [2.75, 3.05) is 6.54 Å². The summed E-state index contributed by atoms with van der Waals surface area (Å²) in [6.07, 6.45) is 3.28. The average Bonchev–Trinajstić information content (AvgIpc) is 2.84. The van der Waals surface area contributed by atoms with Crippen LogP contribution in [0.1, 0.15) is 63.1 Å². The summed E-state index contributed by atoms with van der Waals surface area (Å²) in [7, 11) is 0. The van der Waals surface area contributed by atoms with Gasteiger partial charge in [0, 0.05) is 19.4 Å². The first kappa shape index (κ1) is 27.6. The average molecular weight is 478 g/mol. The Morgan fingerprint density at radius 1 is 0.914 bits per heavy atom. The van der Waals surface area contributed by atoms with E-state index >= 15 is 0 Å². The second-order valence-corrected chi connectivity index (χ2v) is 9.67. The van der Waals surface area contributed by atoms with Gasteiger partial charge in [-0.1, -0.05) is 63.2 Å². The third kappa shape index (κ3) is 10.4. The lowest BCUT2D eigenvalue weighted by atomic mass is 9.78. The van der Waals surface area contributed by atoms with Gasteiger partial charge in [0.2, 0.25) is 5.91 Å². The van der Waals surface area contributed by atoms with Crippen molar-refractivity contribution in [3.8, 4) is 6.07 Å². The van der Waals surface area contributed by atoms with E-state index in [1.165, 1.54) is 0 Å². The van der Waals surface area contributed by atoms with Gasteiger partial charge in [0.1, 0.15) is 0 Å². The van der Waals surface area contributed by atoms with Crippen LogP contribution in [0.3, 0.4) is 0 Å². The van der Waals surface area contributed by atoms with Crippen molar-refractivity contribution in [1.29, 1.82) is 5.26 Å². The van der Waals surface area contributed by atoms with Gasteiger partial charge in [-0.3, -0.25) is 9.59 Å². The first-order valence-corrected chi connectivity index (χ1v) is 12.0. The number of unbranched alkanes of at least 4 members (excludes halogenated alkanes) is 1. The summed E-state index contributed by atoms with van der Waals surface area (Å²) in [6.45, 7) is 6.10. The molecular formula is C28H35N3O4. The van der Waals surface area contributed by atoms with Crippen LogP contribution in [0.5, 0.6) is 0 Å². The zero-order valence-electron chi connectivity index (χ0n) is 20.8. The molecule has 2 aromatic rings. The maximum atomic E-state index is 12.6. The number of carbonyl (C=O) groups is 3. The predicted octanol–water partition coefficient (Wildman–Crippen LogP) is 4.26. The molecule has 2 N–H and O–H groups in total. The topological polar surface area (TPSA) is 108 Å². The third-order valence-corrected chi connectivity index (χ3v) is 5.77. The fraction of sp³-hybridized carbons (Fsp3) is 0.429. The quantitative estimate of drug-likeness (QED) is 0.371. The molecule has 35 heavy (non-hydrogen) atoms. The molecule has 0 saturated heterocycles. The van der Waals surface area contributed by atoms with Gasteiger partial charge in [-0.25, -0.2) is 4.79 Å². The molecule has 2 amide bonds. The van der Waals surface area contributed by atoms with Crippen LogP contribution in [-0.4, -0.2) is 24.3 Å². The Kier molecular flexibility index (Phi) is 11.0. The Labute approximate surface area is 207 Å². The minimum atomic E-state index is -0.699. The Bertz CT molecular complexity index is 1010. The van der Waals surface area contributed by atoms with Crippen LogP contribution in [0, 0.1) is 22.7 Å². The molecule has 2 rings (SSSR count). The smallest absolute Gasteiger partial charge is 0.336 e. The maximum Gasteiger partial charge on any atom is 0.336 e. The lowest BCUT2D eigenvalue weighted by Gasteiger charge is -2.28. The highest BCUT2D eigenvalue weighted by molar-refractivity contribution is 5.84. The second-order valence-electron chi connectivity index (χ2n) is 9.67. The van der Waals surface area contributed by atoms with Crippen LogP contribution >= 0.6 is 0 Å². The maximum absolute atomic E-state index is 12.6. The van der Waals surface area contributed by atoms with E-state index in [1.54, 1.807) is 12.1 Å². The van der Waals surface area contributed by atoms with E-state index in [9.17, 15) is 14.4 Å². The fourth-order valence-electron chi connectivity index (χ4n) is 3.56. The molecular weight excluding hydrogens is 442 g/mol. The number of nitrogens with zero attached hydrogens (tertiary/aromatic N) is 1. The normalized spacial score (nSPS) is 11.7. The number of nitrogens with one attached hydrogen (secondary N) is 2.